The number of aliphatic hydroxyl groups is 1. The van der Waals surface area contributed by atoms with Crippen LogP contribution in [0, 0.1) is 0 Å². The zero-order valence-electron chi connectivity index (χ0n) is 11.5. The van der Waals surface area contributed by atoms with Crippen molar-refractivity contribution in [3.8, 4) is 0 Å². The number of carbonyl (C=O) groups excluding carboxylic acids is 1. The molecule has 0 saturated heterocycles. The van der Waals surface area contributed by atoms with E-state index in [0.717, 1.165) is 5.39 Å². The fourth-order valence-electron chi connectivity index (χ4n) is 2.14. The van der Waals surface area contributed by atoms with Crippen LogP contribution >= 0.6 is 0 Å². The Morgan fingerprint density at radius 3 is 2.85 bits per heavy atom. The fraction of sp³-hybridized carbons (Fsp3) is 0.333. The number of nitrogens with zero attached hydrogens (tertiary/aromatic N) is 2. The second-order valence-electron chi connectivity index (χ2n) is 4.58. The van der Waals surface area contributed by atoms with Gasteiger partial charge in [0.15, 0.2) is 0 Å². The molecule has 5 nitrogen and oxygen atoms in total. The van der Waals surface area contributed by atoms with E-state index in [4.69, 9.17) is 10.8 Å². The molecule has 0 spiro atoms. The maximum absolute atomic E-state index is 12.4. The van der Waals surface area contributed by atoms with Crippen molar-refractivity contribution >= 4 is 22.5 Å². The van der Waals surface area contributed by atoms with E-state index in [2.05, 4.69) is 4.98 Å². The molecule has 1 amide bonds. The topological polar surface area (TPSA) is 79.5 Å². The van der Waals surface area contributed by atoms with Gasteiger partial charge in [-0.05, 0) is 25.5 Å². The van der Waals surface area contributed by atoms with Gasteiger partial charge in [0.25, 0.3) is 5.91 Å². The summed E-state index contributed by atoms with van der Waals surface area (Å²) in [5.74, 6) is -0.154. The number of benzene rings is 1. The number of fused-ring (bicyclic) bond motifs is 1. The first-order valence-corrected chi connectivity index (χ1v) is 6.72. The van der Waals surface area contributed by atoms with E-state index in [1.54, 1.807) is 11.0 Å². The Balaban J connectivity index is 2.34. The number of para-hydroxylation sites is 1. The summed E-state index contributed by atoms with van der Waals surface area (Å²) >= 11 is 0. The highest BCUT2D eigenvalue weighted by molar-refractivity contribution is 5.99. The summed E-state index contributed by atoms with van der Waals surface area (Å²) < 4.78 is 0. The molecule has 1 aromatic carbocycles. The van der Waals surface area contributed by atoms with E-state index >= 15 is 0 Å². The molecule has 2 rings (SSSR count). The number of pyridine rings is 1. The number of rotatable bonds is 5. The Labute approximate surface area is 118 Å². The maximum Gasteiger partial charge on any atom is 0.272 e. The smallest absolute Gasteiger partial charge is 0.272 e. The minimum Gasteiger partial charge on any atom is -0.398 e. The SMILES string of the molecule is CCN(CCCO)C(=O)c1cc(N)c2ccccc2n1. The van der Waals surface area contributed by atoms with E-state index < -0.39 is 0 Å². The standard InChI is InChI=1S/C15H19N3O2/c1-2-18(8-5-9-19)15(20)14-10-12(16)11-6-3-4-7-13(11)17-14/h3-4,6-7,10,19H,2,5,8-9H2,1H3,(H2,16,17). The third-order valence-corrected chi connectivity index (χ3v) is 3.22. The molecule has 0 bridgehead atoms. The van der Waals surface area contributed by atoms with Crippen molar-refractivity contribution in [1.82, 2.24) is 9.88 Å². The summed E-state index contributed by atoms with van der Waals surface area (Å²) in [5, 5.41) is 9.72. The van der Waals surface area contributed by atoms with Crippen LogP contribution in [0.15, 0.2) is 30.3 Å². The molecule has 0 aliphatic heterocycles. The van der Waals surface area contributed by atoms with Crippen molar-refractivity contribution in [3.05, 3.63) is 36.0 Å². The molecule has 5 heteroatoms. The minimum absolute atomic E-state index is 0.0665. The van der Waals surface area contributed by atoms with Crippen molar-refractivity contribution < 1.29 is 9.90 Å². The number of hydrogen-bond acceptors (Lipinski definition) is 4. The molecule has 2 aromatic rings. The average Bonchev–Trinajstić information content (AvgIpc) is 2.47. The van der Waals surface area contributed by atoms with Gasteiger partial charge < -0.3 is 15.7 Å². The van der Waals surface area contributed by atoms with Crippen LogP contribution < -0.4 is 5.73 Å². The molecule has 1 aromatic heterocycles. The molecule has 20 heavy (non-hydrogen) atoms. The van der Waals surface area contributed by atoms with Gasteiger partial charge in [0.2, 0.25) is 0 Å². The molecule has 0 unspecified atom stereocenters. The molecular weight excluding hydrogens is 254 g/mol. The molecule has 0 radical (unpaired) electrons. The Morgan fingerprint density at radius 2 is 2.15 bits per heavy atom. The summed E-state index contributed by atoms with van der Waals surface area (Å²) in [6.07, 6.45) is 0.558. The van der Waals surface area contributed by atoms with Gasteiger partial charge in [0.05, 0.1) is 5.52 Å². The van der Waals surface area contributed by atoms with Gasteiger partial charge in [0.1, 0.15) is 5.69 Å². The Morgan fingerprint density at radius 1 is 1.40 bits per heavy atom. The summed E-state index contributed by atoms with van der Waals surface area (Å²) in [6.45, 7) is 3.06. The lowest BCUT2D eigenvalue weighted by Crippen LogP contribution is -2.32. The number of aliphatic hydroxyl groups excluding tert-OH is 1. The first-order valence-electron chi connectivity index (χ1n) is 6.72. The van der Waals surface area contributed by atoms with Gasteiger partial charge in [-0.15, -0.1) is 0 Å². The summed E-state index contributed by atoms with van der Waals surface area (Å²) in [4.78, 5) is 18.4. The second-order valence-corrected chi connectivity index (χ2v) is 4.58. The van der Waals surface area contributed by atoms with Gasteiger partial charge in [-0.1, -0.05) is 18.2 Å². The van der Waals surface area contributed by atoms with Crippen molar-refractivity contribution in [2.75, 3.05) is 25.4 Å². The highest BCUT2D eigenvalue weighted by atomic mass is 16.3. The van der Waals surface area contributed by atoms with E-state index in [1.165, 1.54) is 0 Å². The molecule has 1 heterocycles. The van der Waals surface area contributed by atoms with E-state index in [9.17, 15) is 4.79 Å². The summed E-state index contributed by atoms with van der Waals surface area (Å²) in [5.41, 5.74) is 7.60. The Bertz CT molecular complexity index is 613. The lowest BCUT2D eigenvalue weighted by Gasteiger charge is -2.20. The van der Waals surface area contributed by atoms with Crippen LogP contribution in [-0.2, 0) is 0 Å². The number of nitrogen functional groups attached to an aromatic ring is 1. The fourth-order valence-corrected chi connectivity index (χ4v) is 2.14. The van der Waals surface area contributed by atoms with Crippen molar-refractivity contribution in [3.63, 3.8) is 0 Å². The number of anilines is 1. The number of aromatic nitrogens is 1. The largest absolute Gasteiger partial charge is 0.398 e. The number of hydrogen-bond donors (Lipinski definition) is 2. The van der Waals surface area contributed by atoms with Crippen LogP contribution in [0.4, 0.5) is 5.69 Å². The number of carbonyl (C=O) groups is 1. The van der Waals surface area contributed by atoms with Gasteiger partial charge in [-0.2, -0.15) is 0 Å². The quantitative estimate of drug-likeness (QED) is 0.868. The zero-order chi connectivity index (χ0) is 14.5. The second kappa shape index (κ2) is 6.34. The summed E-state index contributed by atoms with van der Waals surface area (Å²) in [6, 6.07) is 9.10. The molecule has 3 N–H and O–H groups in total. The highest BCUT2D eigenvalue weighted by Crippen LogP contribution is 2.20. The first-order chi connectivity index (χ1) is 9.67. The third kappa shape index (κ3) is 2.88. The van der Waals surface area contributed by atoms with Crippen LogP contribution in [-0.4, -0.2) is 40.6 Å². The molecule has 106 valence electrons. The van der Waals surface area contributed by atoms with Crippen molar-refractivity contribution in [1.29, 1.82) is 0 Å². The predicted octanol–water partition coefficient (Wildman–Crippen LogP) is 1.66. The van der Waals surface area contributed by atoms with Crippen LogP contribution in [0.5, 0.6) is 0 Å². The molecule has 0 aliphatic carbocycles. The first kappa shape index (κ1) is 14.3. The lowest BCUT2D eigenvalue weighted by molar-refractivity contribution is 0.0749. The third-order valence-electron chi connectivity index (χ3n) is 3.22. The molecule has 0 fully saturated rings. The van der Waals surface area contributed by atoms with Crippen LogP contribution in [0.2, 0.25) is 0 Å². The highest BCUT2D eigenvalue weighted by Gasteiger charge is 2.16. The van der Waals surface area contributed by atoms with Gasteiger partial charge >= 0.3 is 0 Å². The van der Waals surface area contributed by atoms with Gasteiger partial charge in [0, 0.05) is 30.8 Å². The Hall–Kier alpha value is -2.14. The van der Waals surface area contributed by atoms with E-state index in [1.807, 2.05) is 31.2 Å². The predicted molar refractivity (Wildman–Crippen MR) is 79.4 cm³/mol. The molecule has 0 aliphatic rings. The van der Waals surface area contributed by atoms with Gasteiger partial charge in [-0.25, -0.2) is 4.98 Å². The van der Waals surface area contributed by atoms with Gasteiger partial charge in [-0.3, -0.25) is 4.79 Å². The van der Waals surface area contributed by atoms with E-state index in [0.29, 0.717) is 36.4 Å². The average molecular weight is 273 g/mol. The van der Waals surface area contributed by atoms with Crippen LogP contribution in [0.25, 0.3) is 10.9 Å². The van der Waals surface area contributed by atoms with Crippen molar-refractivity contribution in [2.45, 2.75) is 13.3 Å². The number of amides is 1. The monoisotopic (exact) mass is 273 g/mol. The maximum atomic E-state index is 12.4. The van der Waals surface area contributed by atoms with Crippen molar-refractivity contribution in [2.24, 2.45) is 0 Å². The minimum atomic E-state index is -0.154. The van der Waals surface area contributed by atoms with E-state index in [-0.39, 0.29) is 12.5 Å². The lowest BCUT2D eigenvalue weighted by atomic mass is 10.1. The molecular formula is C15H19N3O2. The zero-order valence-corrected chi connectivity index (χ0v) is 11.5. The van der Waals surface area contributed by atoms with Crippen LogP contribution in [0.3, 0.4) is 0 Å². The number of nitrogens with two attached hydrogens (primary N) is 1. The normalized spacial score (nSPS) is 10.7. The molecule has 0 atom stereocenters. The molecule has 0 saturated carbocycles. The summed E-state index contributed by atoms with van der Waals surface area (Å²) in [7, 11) is 0. The van der Waals surface area contributed by atoms with Crippen LogP contribution in [0.1, 0.15) is 23.8 Å². The Kier molecular flexibility index (Phi) is 4.53.